The quantitative estimate of drug-likeness (QED) is 0.872. The van der Waals surface area contributed by atoms with Crippen LogP contribution < -0.4 is 15.5 Å². The van der Waals surface area contributed by atoms with Crippen LogP contribution in [0, 0.1) is 0 Å². The number of nitrogens with one attached hydrogen (secondary N) is 2. The van der Waals surface area contributed by atoms with Gasteiger partial charge in [-0.2, -0.15) is 0 Å². The first-order valence-corrected chi connectivity index (χ1v) is 9.40. The molecule has 3 aliphatic rings. The Kier molecular flexibility index (Phi) is 5.03. The molecule has 7 nitrogen and oxygen atoms in total. The van der Waals surface area contributed by atoms with E-state index in [1.54, 1.807) is 6.20 Å². The second-order valence-corrected chi connectivity index (χ2v) is 7.10. The van der Waals surface area contributed by atoms with E-state index in [0.29, 0.717) is 6.04 Å². The van der Waals surface area contributed by atoms with Crippen molar-refractivity contribution >= 4 is 17.5 Å². The van der Waals surface area contributed by atoms with Crippen molar-refractivity contribution in [1.82, 2.24) is 15.2 Å². The van der Waals surface area contributed by atoms with Gasteiger partial charge in [0.05, 0.1) is 25.1 Å². The summed E-state index contributed by atoms with van der Waals surface area (Å²) in [5, 5.41) is 6.08. The molecule has 0 radical (unpaired) electrons. The lowest BCUT2D eigenvalue weighted by Gasteiger charge is -2.32. The summed E-state index contributed by atoms with van der Waals surface area (Å²) in [6.45, 7) is 5.48. The van der Waals surface area contributed by atoms with Crippen LogP contribution in [0.5, 0.6) is 0 Å². The molecule has 0 aliphatic carbocycles. The number of carbonyl (C=O) groups is 1. The molecular weight excluding hydrogens is 318 g/mol. The average molecular weight is 345 g/mol. The fraction of sp³-hybridized carbons (Fsp3) is 0.667. The summed E-state index contributed by atoms with van der Waals surface area (Å²) in [5.41, 5.74) is 0.730. The highest BCUT2D eigenvalue weighted by Gasteiger charge is 2.36. The molecule has 1 aromatic heterocycles. The highest BCUT2D eigenvalue weighted by molar-refractivity contribution is 5.89. The third kappa shape index (κ3) is 3.88. The first kappa shape index (κ1) is 16.6. The van der Waals surface area contributed by atoms with Crippen LogP contribution in [0.2, 0.25) is 0 Å². The van der Waals surface area contributed by atoms with E-state index in [1.807, 2.05) is 12.1 Å². The van der Waals surface area contributed by atoms with E-state index in [2.05, 4.69) is 25.4 Å². The molecular formula is C18H27N5O2. The number of urea groups is 1. The normalized spacial score (nSPS) is 27.0. The first-order chi connectivity index (χ1) is 12.3. The number of anilines is 2. The van der Waals surface area contributed by atoms with Crippen molar-refractivity contribution in [2.24, 2.45) is 0 Å². The Morgan fingerprint density at radius 3 is 2.80 bits per heavy atom. The number of nitrogens with zero attached hydrogens (tertiary/aromatic N) is 3. The Bertz CT molecular complexity index is 588. The summed E-state index contributed by atoms with van der Waals surface area (Å²) >= 11 is 0. The van der Waals surface area contributed by atoms with E-state index in [1.165, 1.54) is 25.8 Å². The molecule has 3 fully saturated rings. The zero-order valence-electron chi connectivity index (χ0n) is 14.6. The van der Waals surface area contributed by atoms with Gasteiger partial charge < -0.3 is 20.3 Å². The minimum Gasteiger partial charge on any atom is -0.378 e. The molecule has 3 saturated heterocycles. The number of fused-ring (bicyclic) bond motifs is 1. The van der Waals surface area contributed by atoms with E-state index < -0.39 is 0 Å². The molecule has 0 aromatic carbocycles. The zero-order chi connectivity index (χ0) is 17.1. The third-order valence-electron chi connectivity index (χ3n) is 5.51. The average Bonchev–Trinajstić information content (AvgIpc) is 3.06. The van der Waals surface area contributed by atoms with Crippen molar-refractivity contribution in [2.45, 2.75) is 37.8 Å². The van der Waals surface area contributed by atoms with Gasteiger partial charge in [0.15, 0.2) is 0 Å². The van der Waals surface area contributed by atoms with E-state index >= 15 is 0 Å². The number of morpholine rings is 1. The van der Waals surface area contributed by atoms with E-state index in [9.17, 15) is 4.79 Å². The van der Waals surface area contributed by atoms with Gasteiger partial charge in [0, 0.05) is 31.7 Å². The molecule has 2 atom stereocenters. The molecule has 136 valence electrons. The molecule has 7 heteroatoms. The molecule has 0 spiro atoms. The van der Waals surface area contributed by atoms with Crippen molar-refractivity contribution in [3.63, 3.8) is 0 Å². The smallest absolute Gasteiger partial charge is 0.319 e. The lowest BCUT2D eigenvalue weighted by Crippen LogP contribution is -2.47. The Morgan fingerprint density at radius 1 is 1.12 bits per heavy atom. The number of carbonyl (C=O) groups excluding carboxylic acids is 1. The van der Waals surface area contributed by atoms with Crippen LogP contribution in [0.1, 0.15) is 25.7 Å². The van der Waals surface area contributed by atoms with Crippen LogP contribution in [0.4, 0.5) is 16.3 Å². The maximum absolute atomic E-state index is 12.3. The van der Waals surface area contributed by atoms with Crippen molar-refractivity contribution in [3.8, 4) is 0 Å². The maximum atomic E-state index is 12.3. The highest BCUT2D eigenvalue weighted by Crippen LogP contribution is 2.27. The van der Waals surface area contributed by atoms with Crippen LogP contribution >= 0.6 is 0 Å². The number of piperidine rings is 1. The van der Waals surface area contributed by atoms with Crippen LogP contribution in [0.25, 0.3) is 0 Å². The maximum Gasteiger partial charge on any atom is 0.319 e. The summed E-state index contributed by atoms with van der Waals surface area (Å²) in [6, 6.07) is 4.53. The molecule has 25 heavy (non-hydrogen) atoms. The van der Waals surface area contributed by atoms with Crippen LogP contribution in [-0.2, 0) is 4.74 Å². The van der Waals surface area contributed by atoms with Crippen molar-refractivity contribution in [1.29, 1.82) is 0 Å². The number of hydrogen-bond acceptors (Lipinski definition) is 5. The van der Waals surface area contributed by atoms with Crippen LogP contribution in [0.3, 0.4) is 0 Å². The molecule has 3 aliphatic heterocycles. The third-order valence-corrected chi connectivity index (χ3v) is 5.51. The molecule has 0 bridgehead atoms. The number of amides is 2. The fourth-order valence-electron chi connectivity index (χ4n) is 4.19. The van der Waals surface area contributed by atoms with Gasteiger partial charge in [-0.15, -0.1) is 0 Å². The number of aromatic nitrogens is 1. The Balaban J connectivity index is 1.30. The minimum absolute atomic E-state index is 0.127. The first-order valence-electron chi connectivity index (χ1n) is 9.40. The summed E-state index contributed by atoms with van der Waals surface area (Å²) in [6.07, 6.45) is 6.53. The van der Waals surface area contributed by atoms with Gasteiger partial charge in [-0.25, -0.2) is 9.78 Å². The second-order valence-electron chi connectivity index (χ2n) is 7.10. The van der Waals surface area contributed by atoms with Crippen molar-refractivity contribution < 1.29 is 9.53 Å². The van der Waals surface area contributed by atoms with Gasteiger partial charge in [0.2, 0.25) is 0 Å². The number of rotatable bonds is 3. The molecule has 2 N–H and O–H groups in total. The topological polar surface area (TPSA) is 69.7 Å². The largest absolute Gasteiger partial charge is 0.378 e. The zero-order valence-corrected chi connectivity index (χ0v) is 14.6. The van der Waals surface area contributed by atoms with E-state index in [4.69, 9.17) is 4.74 Å². The standard InChI is InChI=1S/C18H27N5O2/c24-18(21-15-6-8-22-7-2-1-3-16(15)22)20-14-4-5-17(19-13-14)23-9-11-25-12-10-23/h4-5,13,15-16H,1-3,6-12H2,(H2,20,21,24)/t15-,16+/m1/s1. The summed E-state index contributed by atoms with van der Waals surface area (Å²) in [5.74, 6) is 0.933. The number of ether oxygens (including phenoxy) is 1. The lowest BCUT2D eigenvalue weighted by atomic mass is 9.99. The van der Waals surface area contributed by atoms with Crippen molar-refractivity contribution in [2.75, 3.05) is 49.6 Å². The molecule has 0 unspecified atom stereocenters. The Hall–Kier alpha value is -1.86. The molecule has 4 heterocycles. The second kappa shape index (κ2) is 7.58. The van der Waals surface area contributed by atoms with E-state index in [0.717, 1.165) is 50.8 Å². The molecule has 1 aromatic rings. The van der Waals surface area contributed by atoms with Crippen LogP contribution in [-0.4, -0.2) is 67.4 Å². The predicted molar refractivity (Wildman–Crippen MR) is 97.0 cm³/mol. The monoisotopic (exact) mass is 345 g/mol. The summed E-state index contributed by atoms with van der Waals surface area (Å²) in [7, 11) is 0. The predicted octanol–water partition coefficient (Wildman–Crippen LogP) is 1.67. The molecule has 0 saturated carbocycles. The van der Waals surface area contributed by atoms with Crippen LogP contribution in [0.15, 0.2) is 18.3 Å². The van der Waals surface area contributed by atoms with Gasteiger partial charge in [-0.05, 0) is 37.9 Å². The van der Waals surface area contributed by atoms with Gasteiger partial charge in [-0.3, -0.25) is 4.90 Å². The summed E-state index contributed by atoms with van der Waals surface area (Å²) in [4.78, 5) is 21.5. The number of pyridine rings is 1. The van der Waals surface area contributed by atoms with Gasteiger partial charge in [0.1, 0.15) is 5.82 Å². The fourth-order valence-corrected chi connectivity index (χ4v) is 4.19. The van der Waals surface area contributed by atoms with Gasteiger partial charge in [-0.1, -0.05) is 6.42 Å². The molecule has 4 rings (SSSR count). The highest BCUT2D eigenvalue weighted by atomic mass is 16.5. The molecule has 2 amide bonds. The Labute approximate surface area is 148 Å². The Morgan fingerprint density at radius 2 is 2.00 bits per heavy atom. The van der Waals surface area contributed by atoms with Gasteiger partial charge in [0.25, 0.3) is 0 Å². The lowest BCUT2D eigenvalue weighted by molar-refractivity contribution is 0.122. The minimum atomic E-state index is -0.127. The van der Waals surface area contributed by atoms with E-state index in [-0.39, 0.29) is 12.1 Å². The van der Waals surface area contributed by atoms with Crippen molar-refractivity contribution in [3.05, 3.63) is 18.3 Å². The SMILES string of the molecule is O=C(Nc1ccc(N2CCOCC2)nc1)N[C@@H]1CCN2CCCC[C@@H]12. The van der Waals surface area contributed by atoms with Gasteiger partial charge >= 0.3 is 6.03 Å². The summed E-state index contributed by atoms with van der Waals surface area (Å²) < 4.78 is 5.36. The number of hydrogen-bond donors (Lipinski definition) is 2.